The quantitative estimate of drug-likeness (QED) is 0.341. The predicted molar refractivity (Wildman–Crippen MR) is 126 cm³/mol. The van der Waals surface area contributed by atoms with Gasteiger partial charge in [0.1, 0.15) is 5.75 Å². The second-order valence-electron chi connectivity index (χ2n) is 9.31. The van der Waals surface area contributed by atoms with Gasteiger partial charge in [-0.2, -0.15) is 0 Å². The highest BCUT2D eigenvalue weighted by Gasteiger charge is 2.21. The molecule has 0 fully saturated rings. The molecule has 0 bridgehead atoms. The number of rotatable bonds is 10. The lowest BCUT2D eigenvalue weighted by Gasteiger charge is -2.26. The maximum atomic E-state index is 12.8. The normalized spacial score (nSPS) is 14.6. The molecule has 164 valence electrons. The van der Waals surface area contributed by atoms with Crippen molar-refractivity contribution >= 4 is 5.97 Å². The van der Waals surface area contributed by atoms with E-state index in [1.165, 1.54) is 11.1 Å². The minimum atomic E-state index is -0.295. The van der Waals surface area contributed by atoms with Crippen LogP contribution in [0.2, 0.25) is 0 Å². The van der Waals surface area contributed by atoms with Gasteiger partial charge in [-0.15, -0.1) is 0 Å². The Morgan fingerprint density at radius 1 is 0.967 bits per heavy atom. The van der Waals surface area contributed by atoms with Crippen LogP contribution in [0.1, 0.15) is 69.6 Å². The van der Waals surface area contributed by atoms with E-state index in [2.05, 4.69) is 77.0 Å². The van der Waals surface area contributed by atoms with Gasteiger partial charge in [0, 0.05) is 6.54 Å². The molecule has 0 aliphatic heterocycles. The molecule has 0 saturated carbocycles. The molecule has 0 heterocycles. The maximum absolute atomic E-state index is 12.8. The van der Waals surface area contributed by atoms with Crippen LogP contribution in [0.5, 0.6) is 5.75 Å². The zero-order valence-corrected chi connectivity index (χ0v) is 19.8. The summed E-state index contributed by atoms with van der Waals surface area (Å²) in [6, 6.07) is 16.4. The Kier molecular flexibility index (Phi) is 9.10. The molecule has 2 aromatic carbocycles. The molecule has 0 N–H and O–H groups in total. The Balaban J connectivity index is 2.08. The molecule has 30 heavy (non-hydrogen) atoms. The molecule has 3 nitrogen and oxygen atoms in total. The largest absolute Gasteiger partial charge is 0.426 e. The van der Waals surface area contributed by atoms with E-state index in [4.69, 9.17) is 4.74 Å². The lowest BCUT2D eigenvalue weighted by molar-refractivity contribution is -0.135. The first-order chi connectivity index (χ1) is 14.2. The number of hydrogen-bond donors (Lipinski definition) is 0. The monoisotopic (exact) mass is 409 g/mol. The second-order valence-corrected chi connectivity index (χ2v) is 9.31. The van der Waals surface area contributed by atoms with Crippen LogP contribution in [-0.4, -0.2) is 31.5 Å². The molecule has 3 heteroatoms. The molecule has 0 radical (unpaired) electrons. The molecule has 2 rings (SSSR count). The van der Waals surface area contributed by atoms with E-state index < -0.39 is 0 Å². The van der Waals surface area contributed by atoms with Crippen LogP contribution in [-0.2, 0) is 11.2 Å². The van der Waals surface area contributed by atoms with Crippen molar-refractivity contribution in [2.75, 3.05) is 20.6 Å². The third-order valence-electron chi connectivity index (χ3n) is 5.76. The summed E-state index contributed by atoms with van der Waals surface area (Å²) in [6.45, 7) is 11.9. The third-order valence-corrected chi connectivity index (χ3v) is 5.76. The Hall–Kier alpha value is -2.13. The SMILES string of the molecule is CCC(c1cccc(OC(=O)C(C)c2ccc(CC(C)C)cc2)c1)[C@H](C)CN(C)C. The minimum Gasteiger partial charge on any atom is -0.426 e. The van der Waals surface area contributed by atoms with Gasteiger partial charge in [0.15, 0.2) is 0 Å². The van der Waals surface area contributed by atoms with Crippen LogP contribution >= 0.6 is 0 Å². The molecule has 0 saturated heterocycles. The summed E-state index contributed by atoms with van der Waals surface area (Å²) in [6.07, 6.45) is 2.11. The van der Waals surface area contributed by atoms with Gasteiger partial charge in [0.25, 0.3) is 0 Å². The lowest BCUT2D eigenvalue weighted by Crippen LogP contribution is -2.24. The average Bonchev–Trinajstić information content (AvgIpc) is 2.68. The van der Waals surface area contributed by atoms with Crippen molar-refractivity contribution in [2.24, 2.45) is 11.8 Å². The van der Waals surface area contributed by atoms with Gasteiger partial charge in [0.2, 0.25) is 0 Å². The Bertz CT molecular complexity index is 795. The van der Waals surface area contributed by atoms with Crippen LogP contribution in [0.4, 0.5) is 0 Å². The van der Waals surface area contributed by atoms with Gasteiger partial charge in [0.05, 0.1) is 5.92 Å². The first-order valence-corrected chi connectivity index (χ1v) is 11.3. The molecule has 2 aromatic rings. The summed E-state index contributed by atoms with van der Waals surface area (Å²) >= 11 is 0. The number of carbonyl (C=O) groups is 1. The Morgan fingerprint density at radius 2 is 1.63 bits per heavy atom. The second kappa shape index (κ2) is 11.3. The lowest BCUT2D eigenvalue weighted by atomic mass is 9.85. The summed E-state index contributed by atoms with van der Waals surface area (Å²) in [4.78, 5) is 15.0. The standard InChI is InChI=1S/C27H39NO2/c1-8-26(20(4)18-28(6)7)24-10-9-11-25(17-24)30-27(29)21(5)23-14-12-22(13-15-23)16-19(2)3/h9-15,17,19-21,26H,8,16,18H2,1-7H3/t20-,21?,26?/m1/s1. The number of hydrogen-bond acceptors (Lipinski definition) is 3. The van der Waals surface area contributed by atoms with Gasteiger partial charge < -0.3 is 9.64 Å². The van der Waals surface area contributed by atoms with Gasteiger partial charge in [-0.05, 0) is 80.4 Å². The van der Waals surface area contributed by atoms with Crippen LogP contribution in [0.15, 0.2) is 48.5 Å². The van der Waals surface area contributed by atoms with Crippen molar-refractivity contribution < 1.29 is 9.53 Å². The fourth-order valence-electron chi connectivity index (χ4n) is 4.23. The summed E-state index contributed by atoms with van der Waals surface area (Å²) in [5, 5.41) is 0. The van der Waals surface area contributed by atoms with Crippen molar-refractivity contribution in [3.63, 3.8) is 0 Å². The highest BCUT2D eigenvalue weighted by Crippen LogP contribution is 2.31. The first kappa shape index (κ1) is 24.1. The fraction of sp³-hybridized carbons (Fsp3) is 0.519. The van der Waals surface area contributed by atoms with Gasteiger partial charge in [-0.1, -0.05) is 64.1 Å². The number of esters is 1. The highest BCUT2D eigenvalue weighted by atomic mass is 16.5. The molecule has 0 amide bonds. The van der Waals surface area contributed by atoms with Crippen molar-refractivity contribution in [2.45, 2.75) is 59.3 Å². The number of nitrogens with zero attached hydrogens (tertiary/aromatic N) is 1. The Labute approximate surface area is 183 Å². The molecular formula is C27H39NO2. The third kappa shape index (κ3) is 6.98. The van der Waals surface area contributed by atoms with Crippen LogP contribution < -0.4 is 4.74 Å². The van der Waals surface area contributed by atoms with E-state index in [0.29, 0.717) is 23.5 Å². The van der Waals surface area contributed by atoms with E-state index in [-0.39, 0.29) is 11.9 Å². The highest BCUT2D eigenvalue weighted by molar-refractivity contribution is 5.80. The van der Waals surface area contributed by atoms with Crippen LogP contribution in [0, 0.1) is 11.8 Å². The Morgan fingerprint density at radius 3 is 2.20 bits per heavy atom. The fourth-order valence-corrected chi connectivity index (χ4v) is 4.23. The number of ether oxygens (including phenoxy) is 1. The van der Waals surface area contributed by atoms with Crippen molar-refractivity contribution in [1.82, 2.24) is 4.90 Å². The minimum absolute atomic E-state index is 0.210. The first-order valence-electron chi connectivity index (χ1n) is 11.3. The molecule has 0 aliphatic carbocycles. The molecule has 2 unspecified atom stereocenters. The molecule has 0 aromatic heterocycles. The zero-order chi connectivity index (χ0) is 22.3. The molecular weight excluding hydrogens is 370 g/mol. The van der Waals surface area contributed by atoms with Crippen molar-refractivity contribution in [3.05, 3.63) is 65.2 Å². The van der Waals surface area contributed by atoms with E-state index >= 15 is 0 Å². The molecule has 3 atom stereocenters. The average molecular weight is 410 g/mol. The number of carbonyl (C=O) groups excluding carboxylic acids is 1. The molecule has 0 aliphatic rings. The van der Waals surface area contributed by atoms with E-state index in [9.17, 15) is 4.79 Å². The predicted octanol–water partition coefficient (Wildman–Crippen LogP) is 6.29. The summed E-state index contributed by atoms with van der Waals surface area (Å²) in [7, 11) is 4.22. The van der Waals surface area contributed by atoms with Crippen molar-refractivity contribution in [1.29, 1.82) is 0 Å². The van der Waals surface area contributed by atoms with Gasteiger partial charge in [-0.3, -0.25) is 4.79 Å². The number of benzene rings is 2. The smallest absolute Gasteiger partial charge is 0.318 e. The van der Waals surface area contributed by atoms with E-state index in [1.54, 1.807) is 0 Å². The van der Waals surface area contributed by atoms with Gasteiger partial charge in [-0.25, -0.2) is 0 Å². The molecule has 0 spiro atoms. The van der Waals surface area contributed by atoms with Crippen LogP contribution in [0.25, 0.3) is 0 Å². The van der Waals surface area contributed by atoms with E-state index in [1.807, 2.05) is 25.1 Å². The summed E-state index contributed by atoms with van der Waals surface area (Å²) < 4.78 is 5.77. The zero-order valence-electron chi connectivity index (χ0n) is 19.8. The van der Waals surface area contributed by atoms with E-state index in [0.717, 1.165) is 24.9 Å². The maximum Gasteiger partial charge on any atom is 0.318 e. The van der Waals surface area contributed by atoms with Crippen molar-refractivity contribution in [3.8, 4) is 5.75 Å². The van der Waals surface area contributed by atoms with Crippen LogP contribution in [0.3, 0.4) is 0 Å². The van der Waals surface area contributed by atoms with Gasteiger partial charge >= 0.3 is 5.97 Å². The topological polar surface area (TPSA) is 29.5 Å². The summed E-state index contributed by atoms with van der Waals surface area (Å²) in [5.74, 6) is 1.72. The summed E-state index contributed by atoms with van der Waals surface area (Å²) in [5.41, 5.74) is 3.54.